The molecule has 0 aliphatic heterocycles. The van der Waals surface area contributed by atoms with E-state index in [1.807, 2.05) is 37.3 Å². The van der Waals surface area contributed by atoms with E-state index in [1.165, 1.54) is 18.2 Å². The molecule has 1 aromatic heterocycles. The lowest BCUT2D eigenvalue weighted by Gasteiger charge is -2.13. The first kappa shape index (κ1) is 17.6. The van der Waals surface area contributed by atoms with Gasteiger partial charge in [0.25, 0.3) is 0 Å². The summed E-state index contributed by atoms with van der Waals surface area (Å²) in [6.07, 6.45) is 5.57. The minimum absolute atomic E-state index is 0.210. The number of H-pyrrole nitrogens is 1. The second-order valence-electron chi connectivity index (χ2n) is 5.90. The van der Waals surface area contributed by atoms with Crippen LogP contribution < -0.4 is 5.32 Å². The van der Waals surface area contributed by atoms with Crippen molar-refractivity contribution in [3.05, 3.63) is 84.1 Å². The Morgan fingerprint density at radius 2 is 1.92 bits per heavy atom. The van der Waals surface area contributed by atoms with E-state index in [0.717, 1.165) is 22.6 Å². The molecule has 132 valence electrons. The maximum absolute atomic E-state index is 12.9. The van der Waals surface area contributed by atoms with Crippen LogP contribution >= 0.6 is 0 Å². The van der Waals surface area contributed by atoms with E-state index in [2.05, 4.69) is 15.3 Å². The molecular weight excluding hydrogens is 329 g/mol. The molecule has 1 heterocycles. The quantitative estimate of drug-likeness (QED) is 0.644. The van der Waals surface area contributed by atoms with E-state index in [0.29, 0.717) is 6.42 Å². The number of imidazole rings is 1. The summed E-state index contributed by atoms with van der Waals surface area (Å²) < 4.78 is 12.9. The summed E-state index contributed by atoms with van der Waals surface area (Å²) in [4.78, 5) is 19.9. The van der Waals surface area contributed by atoms with Gasteiger partial charge in [-0.15, -0.1) is 0 Å². The predicted molar refractivity (Wildman–Crippen MR) is 101 cm³/mol. The van der Waals surface area contributed by atoms with Gasteiger partial charge < -0.3 is 10.3 Å². The fourth-order valence-electron chi connectivity index (χ4n) is 2.61. The molecule has 2 aromatic carbocycles. The van der Waals surface area contributed by atoms with Crippen LogP contribution in [0.4, 0.5) is 4.39 Å². The van der Waals surface area contributed by atoms with Gasteiger partial charge in [-0.25, -0.2) is 9.37 Å². The van der Waals surface area contributed by atoms with Crippen molar-refractivity contribution in [1.82, 2.24) is 15.3 Å². The number of rotatable bonds is 6. The molecule has 1 atom stereocenters. The van der Waals surface area contributed by atoms with Crippen LogP contribution in [0, 0.1) is 5.82 Å². The molecule has 0 aliphatic rings. The van der Waals surface area contributed by atoms with Gasteiger partial charge in [-0.2, -0.15) is 0 Å². The first-order valence-corrected chi connectivity index (χ1v) is 8.50. The highest BCUT2D eigenvalue weighted by molar-refractivity contribution is 5.91. The average molecular weight is 349 g/mol. The van der Waals surface area contributed by atoms with Gasteiger partial charge in [-0.3, -0.25) is 4.79 Å². The number of aromatic amines is 1. The number of hydrogen-bond acceptors (Lipinski definition) is 2. The van der Waals surface area contributed by atoms with Gasteiger partial charge in [0.2, 0.25) is 5.91 Å². The molecule has 0 saturated heterocycles. The Bertz CT molecular complexity index is 885. The first-order chi connectivity index (χ1) is 12.7. The average Bonchev–Trinajstić information content (AvgIpc) is 3.16. The van der Waals surface area contributed by atoms with Crippen molar-refractivity contribution in [2.24, 2.45) is 0 Å². The summed E-state index contributed by atoms with van der Waals surface area (Å²) in [5, 5.41) is 2.94. The zero-order chi connectivity index (χ0) is 18.4. The lowest BCUT2D eigenvalue weighted by molar-refractivity contribution is -0.117. The molecule has 5 heteroatoms. The second kappa shape index (κ2) is 8.25. The number of carbonyl (C=O) groups excluding carboxylic acids is 1. The van der Waals surface area contributed by atoms with Crippen LogP contribution in [-0.4, -0.2) is 15.9 Å². The molecule has 0 radical (unpaired) electrons. The summed E-state index contributed by atoms with van der Waals surface area (Å²) >= 11 is 0. The monoisotopic (exact) mass is 349 g/mol. The largest absolute Gasteiger partial charge is 0.343 e. The van der Waals surface area contributed by atoms with E-state index in [4.69, 9.17) is 0 Å². The summed E-state index contributed by atoms with van der Waals surface area (Å²) in [5.74, 6) is 0.193. The molecule has 0 unspecified atom stereocenters. The van der Waals surface area contributed by atoms with Crippen LogP contribution in [0.5, 0.6) is 0 Å². The highest BCUT2D eigenvalue weighted by Gasteiger charge is 2.15. The molecule has 26 heavy (non-hydrogen) atoms. The smallest absolute Gasteiger partial charge is 0.244 e. The molecule has 3 rings (SSSR count). The molecule has 3 aromatic rings. The van der Waals surface area contributed by atoms with Crippen molar-refractivity contribution >= 4 is 12.0 Å². The number of benzene rings is 2. The van der Waals surface area contributed by atoms with Crippen molar-refractivity contribution < 1.29 is 9.18 Å². The summed E-state index contributed by atoms with van der Waals surface area (Å²) in [7, 11) is 0. The number of halogens is 1. The topological polar surface area (TPSA) is 57.8 Å². The number of nitrogens with zero attached hydrogens (tertiary/aromatic N) is 1. The third-order valence-electron chi connectivity index (χ3n) is 4.03. The fraction of sp³-hybridized carbons (Fsp3) is 0.143. The summed E-state index contributed by atoms with van der Waals surface area (Å²) in [6, 6.07) is 15.7. The molecule has 4 nitrogen and oxygen atoms in total. The van der Waals surface area contributed by atoms with Crippen molar-refractivity contribution in [2.75, 3.05) is 0 Å². The van der Waals surface area contributed by atoms with E-state index >= 15 is 0 Å². The molecule has 2 N–H and O–H groups in total. The number of nitrogens with one attached hydrogen (secondary N) is 2. The molecule has 0 aliphatic carbocycles. The predicted octanol–water partition coefficient (Wildman–Crippen LogP) is 4.50. The Kier molecular flexibility index (Phi) is 5.59. The highest BCUT2D eigenvalue weighted by atomic mass is 19.1. The molecule has 0 saturated carbocycles. The van der Waals surface area contributed by atoms with Crippen LogP contribution in [0.2, 0.25) is 0 Å². The van der Waals surface area contributed by atoms with Gasteiger partial charge in [0.05, 0.1) is 17.9 Å². The van der Waals surface area contributed by atoms with Crippen molar-refractivity contribution in [3.8, 4) is 11.3 Å². The lowest BCUT2D eigenvalue weighted by atomic mass is 10.2. The molecule has 0 fully saturated rings. The summed E-state index contributed by atoms with van der Waals surface area (Å²) in [6.45, 7) is 1.99. The van der Waals surface area contributed by atoms with Gasteiger partial charge >= 0.3 is 0 Å². The summed E-state index contributed by atoms with van der Waals surface area (Å²) in [5.41, 5.74) is 2.72. The van der Waals surface area contributed by atoms with Crippen molar-refractivity contribution in [3.63, 3.8) is 0 Å². The van der Waals surface area contributed by atoms with Crippen LogP contribution in [0.25, 0.3) is 17.3 Å². The van der Waals surface area contributed by atoms with Gasteiger partial charge in [0.1, 0.15) is 11.6 Å². The van der Waals surface area contributed by atoms with Gasteiger partial charge in [0, 0.05) is 6.08 Å². The van der Waals surface area contributed by atoms with Crippen LogP contribution in [-0.2, 0) is 4.79 Å². The van der Waals surface area contributed by atoms with Crippen molar-refractivity contribution in [2.45, 2.75) is 19.4 Å². The normalized spacial score (nSPS) is 12.2. The highest BCUT2D eigenvalue weighted by Crippen LogP contribution is 2.20. The van der Waals surface area contributed by atoms with E-state index in [1.54, 1.807) is 24.4 Å². The zero-order valence-electron chi connectivity index (χ0n) is 14.4. The number of hydrogen-bond donors (Lipinski definition) is 2. The van der Waals surface area contributed by atoms with Crippen LogP contribution in [0.3, 0.4) is 0 Å². The van der Waals surface area contributed by atoms with E-state index in [9.17, 15) is 9.18 Å². The number of aromatic nitrogens is 2. The molecule has 1 amide bonds. The maximum Gasteiger partial charge on any atom is 0.244 e. The third kappa shape index (κ3) is 4.45. The van der Waals surface area contributed by atoms with Crippen LogP contribution in [0.15, 0.2) is 66.9 Å². The molecule has 0 bridgehead atoms. The fourth-order valence-corrected chi connectivity index (χ4v) is 2.61. The Morgan fingerprint density at radius 1 is 1.19 bits per heavy atom. The first-order valence-electron chi connectivity index (χ1n) is 8.50. The Labute approximate surface area is 151 Å². The van der Waals surface area contributed by atoms with E-state index in [-0.39, 0.29) is 17.8 Å². The number of amides is 1. The molecular formula is C21H20FN3O. The third-order valence-corrected chi connectivity index (χ3v) is 4.03. The zero-order valence-corrected chi connectivity index (χ0v) is 14.4. The van der Waals surface area contributed by atoms with Gasteiger partial charge in [-0.05, 0) is 35.8 Å². The van der Waals surface area contributed by atoms with E-state index < -0.39 is 0 Å². The second-order valence-corrected chi connectivity index (χ2v) is 5.90. The lowest BCUT2D eigenvalue weighted by Crippen LogP contribution is -2.27. The van der Waals surface area contributed by atoms with Crippen LogP contribution in [0.1, 0.15) is 30.8 Å². The van der Waals surface area contributed by atoms with Gasteiger partial charge in [0.15, 0.2) is 0 Å². The Balaban J connectivity index is 1.66. The van der Waals surface area contributed by atoms with Crippen molar-refractivity contribution in [1.29, 1.82) is 0 Å². The minimum atomic E-state index is -0.301. The minimum Gasteiger partial charge on any atom is -0.343 e. The number of carbonyl (C=O) groups is 1. The maximum atomic E-state index is 12.9. The Hall–Kier alpha value is -3.21. The Morgan fingerprint density at radius 3 is 2.62 bits per heavy atom. The SMILES string of the molecule is CC[C@@H](NC(=O)/C=C\c1ccc(F)cc1)c1ncc(-c2ccccc2)[nH]1. The standard InChI is InChI=1S/C21H20FN3O/c1-2-18(21-23-14-19(25-21)16-6-4-3-5-7-16)24-20(26)13-10-15-8-11-17(22)12-9-15/h3-14,18H,2H2,1H3,(H,23,25)(H,24,26)/b13-10-/t18-/m1/s1. The van der Waals surface area contributed by atoms with Gasteiger partial charge in [-0.1, -0.05) is 49.4 Å². The molecule has 0 spiro atoms.